The van der Waals surface area contributed by atoms with Gasteiger partial charge in [0, 0.05) is 15.4 Å². The van der Waals surface area contributed by atoms with Gasteiger partial charge in [-0.2, -0.15) is 0 Å². The van der Waals surface area contributed by atoms with Gasteiger partial charge in [0.15, 0.2) is 0 Å². The van der Waals surface area contributed by atoms with E-state index in [4.69, 9.17) is 11.6 Å². The maximum atomic E-state index is 13.9. The van der Waals surface area contributed by atoms with Crippen LogP contribution in [0.15, 0.2) is 12.1 Å². The van der Waals surface area contributed by atoms with Crippen molar-refractivity contribution < 1.29 is 4.39 Å². The van der Waals surface area contributed by atoms with Gasteiger partial charge in [-0.05, 0) is 30.9 Å². The zero-order valence-corrected chi connectivity index (χ0v) is 11.5. The molecule has 3 heteroatoms. The van der Waals surface area contributed by atoms with Gasteiger partial charge in [0.05, 0.1) is 0 Å². The van der Waals surface area contributed by atoms with E-state index in [-0.39, 0.29) is 11.7 Å². The molecular formula is C12H15BrClF. The van der Waals surface area contributed by atoms with Crippen LogP contribution in [-0.2, 0) is 0 Å². The molecule has 0 nitrogen and oxygen atoms in total. The van der Waals surface area contributed by atoms with Crippen molar-refractivity contribution in [3.8, 4) is 0 Å². The molecule has 1 aromatic rings. The number of hydrogen-bond donors (Lipinski definition) is 0. The Labute approximate surface area is 104 Å². The summed E-state index contributed by atoms with van der Waals surface area (Å²) < 4.78 is 13.9. The third kappa shape index (κ3) is 3.18. The van der Waals surface area contributed by atoms with Gasteiger partial charge >= 0.3 is 0 Å². The lowest BCUT2D eigenvalue weighted by Gasteiger charge is -2.15. The van der Waals surface area contributed by atoms with Crippen molar-refractivity contribution in [1.29, 1.82) is 0 Å². The lowest BCUT2D eigenvalue weighted by Crippen LogP contribution is -2.04. The van der Waals surface area contributed by atoms with E-state index in [0.717, 1.165) is 12.0 Å². The van der Waals surface area contributed by atoms with E-state index >= 15 is 0 Å². The Bertz CT molecular complexity index is 350. The zero-order chi connectivity index (χ0) is 11.6. The molecule has 0 radical (unpaired) electrons. The van der Waals surface area contributed by atoms with Crippen LogP contribution in [0.25, 0.3) is 0 Å². The van der Waals surface area contributed by atoms with Gasteiger partial charge in [-0.15, -0.1) is 0 Å². The van der Waals surface area contributed by atoms with E-state index in [2.05, 4.69) is 22.9 Å². The second-order valence-corrected chi connectivity index (χ2v) is 5.96. The fourth-order valence-corrected chi connectivity index (χ4v) is 2.38. The van der Waals surface area contributed by atoms with Gasteiger partial charge < -0.3 is 0 Å². The maximum absolute atomic E-state index is 13.9. The molecule has 1 rings (SSSR count). The molecule has 0 saturated heterocycles. The molecule has 0 fully saturated rings. The number of hydrogen-bond acceptors (Lipinski definition) is 0. The van der Waals surface area contributed by atoms with Gasteiger partial charge in [-0.3, -0.25) is 0 Å². The highest BCUT2D eigenvalue weighted by molar-refractivity contribution is 9.09. The Balaban J connectivity index is 3.00. The smallest absolute Gasteiger partial charge is 0.131 e. The Morgan fingerprint density at radius 3 is 2.53 bits per heavy atom. The molecule has 2 atom stereocenters. The number of halogens is 3. The van der Waals surface area contributed by atoms with Crippen molar-refractivity contribution in [3.05, 3.63) is 34.1 Å². The van der Waals surface area contributed by atoms with Crippen LogP contribution in [0.5, 0.6) is 0 Å². The molecule has 0 spiro atoms. The molecule has 0 amide bonds. The molecule has 15 heavy (non-hydrogen) atoms. The molecule has 1 aromatic carbocycles. The quantitative estimate of drug-likeness (QED) is 0.683. The van der Waals surface area contributed by atoms with Gasteiger partial charge in [0.2, 0.25) is 0 Å². The Kier molecular flexibility index (Phi) is 4.60. The first-order valence-corrected chi connectivity index (χ1v) is 6.31. The van der Waals surface area contributed by atoms with Crippen LogP contribution in [0, 0.1) is 12.7 Å². The Hall–Kier alpha value is -0.0800. The van der Waals surface area contributed by atoms with Gasteiger partial charge in [-0.1, -0.05) is 47.4 Å². The monoisotopic (exact) mass is 292 g/mol. The lowest BCUT2D eigenvalue weighted by atomic mass is 9.94. The van der Waals surface area contributed by atoms with Crippen molar-refractivity contribution in [2.75, 3.05) is 0 Å². The number of alkyl halides is 1. The van der Waals surface area contributed by atoms with E-state index in [1.165, 1.54) is 0 Å². The predicted molar refractivity (Wildman–Crippen MR) is 67.6 cm³/mol. The fraction of sp³-hybridized carbons (Fsp3) is 0.500. The summed E-state index contributed by atoms with van der Waals surface area (Å²) in [5.41, 5.74) is 1.30. The largest absolute Gasteiger partial charge is 0.206 e. The summed E-state index contributed by atoms with van der Waals surface area (Å²) in [5.74, 6) is 0.0403. The van der Waals surface area contributed by atoms with Crippen LogP contribution in [0.3, 0.4) is 0 Å². The van der Waals surface area contributed by atoms with Crippen molar-refractivity contribution in [2.24, 2.45) is 0 Å². The second-order valence-electron chi connectivity index (χ2n) is 3.99. The first kappa shape index (κ1) is 13.0. The predicted octanol–water partition coefficient (Wildman–Crippen LogP) is 5.06. The van der Waals surface area contributed by atoms with Gasteiger partial charge in [0.1, 0.15) is 5.82 Å². The highest BCUT2D eigenvalue weighted by Gasteiger charge is 2.15. The average molecular weight is 294 g/mol. The van der Waals surface area contributed by atoms with Crippen LogP contribution in [0.4, 0.5) is 4.39 Å². The summed E-state index contributed by atoms with van der Waals surface area (Å²) in [7, 11) is 0. The topological polar surface area (TPSA) is 0 Å². The normalized spacial score (nSPS) is 15.1. The minimum atomic E-state index is -0.164. The van der Waals surface area contributed by atoms with E-state index in [0.29, 0.717) is 15.4 Å². The van der Waals surface area contributed by atoms with E-state index in [9.17, 15) is 4.39 Å². The Morgan fingerprint density at radius 2 is 2.00 bits per heavy atom. The average Bonchev–Trinajstić information content (AvgIpc) is 2.13. The molecular weight excluding hydrogens is 278 g/mol. The van der Waals surface area contributed by atoms with Crippen LogP contribution in [-0.4, -0.2) is 4.83 Å². The summed E-state index contributed by atoms with van der Waals surface area (Å²) in [6.45, 7) is 5.81. The van der Waals surface area contributed by atoms with Crippen LogP contribution >= 0.6 is 27.5 Å². The molecule has 0 aliphatic heterocycles. The third-order valence-corrected chi connectivity index (χ3v) is 3.34. The minimum absolute atomic E-state index is 0.164. The summed E-state index contributed by atoms with van der Waals surface area (Å²) in [6.07, 6.45) is 0.915. The van der Waals surface area contributed by atoms with Crippen molar-refractivity contribution >= 4 is 27.5 Å². The molecule has 2 unspecified atom stereocenters. The van der Waals surface area contributed by atoms with Gasteiger partial charge in [-0.25, -0.2) is 4.39 Å². The molecule has 0 aliphatic carbocycles. The van der Waals surface area contributed by atoms with Crippen molar-refractivity contribution in [3.63, 3.8) is 0 Å². The first-order valence-electron chi connectivity index (χ1n) is 5.02. The highest BCUT2D eigenvalue weighted by atomic mass is 79.9. The fourth-order valence-electron chi connectivity index (χ4n) is 1.68. The summed E-state index contributed by atoms with van der Waals surface area (Å²) >= 11 is 9.33. The maximum Gasteiger partial charge on any atom is 0.131 e. The molecule has 0 N–H and O–H groups in total. The zero-order valence-electron chi connectivity index (χ0n) is 9.15. The standard InChI is InChI=1S/C12H15BrClF/c1-7(6-8(2)13)10-4-5-11(14)9(3)12(10)15/h4-5,7-8H,6H2,1-3H3. The van der Waals surface area contributed by atoms with Crippen LogP contribution in [0.2, 0.25) is 5.02 Å². The molecule has 0 aliphatic rings. The summed E-state index contributed by atoms with van der Waals surface area (Å²) in [6, 6.07) is 3.55. The van der Waals surface area contributed by atoms with Crippen molar-refractivity contribution in [2.45, 2.75) is 37.9 Å². The van der Waals surface area contributed by atoms with Crippen LogP contribution < -0.4 is 0 Å². The van der Waals surface area contributed by atoms with Crippen LogP contribution in [0.1, 0.15) is 37.3 Å². The SMILES string of the molecule is Cc1c(Cl)ccc(C(C)CC(C)Br)c1F. The van der Waals surface area contributed by atoms with E-state index < -0.39 is 0 Å². The molecule has 0 bridgehead atoms. The number of rotatable bonds is 3. The minimum Gasteiger partial charge on any atom is -0.206 e. The molecule has 0 aromatic heterocycles. The third-order valence-electron chi connectivity index (χ3n) is 2.56. The van der Waals surface area contributed by atoms with Crippen molar-refractivity contribution in [1.82, 2.24) is 0 Å². The lowest BCUT2D eigenvalue weighted by molar-refractivity contribution is 0.568. The first-order chi connectivity index (χ1) is 6.93. The van der Waals surface area contributed by atoms with Gasteiger partial charge in [0.25, 0.3) is 0 Å². The Morgan fingerprint density at radius 1 is 1.40 bits per heavy atom. The molecule has 84 valence electrons. The summed E-state index contributed by atoms with van der Waals surface area (Å²) in [4.78, 5) is 0.392. The van der Waals surface area contributed by atoms with E-state index in [1.54, 1.807) is 19.1 Å². The number of benzene rings is 1. The summed E-state index contributed by atoms with van der Waals surface area (Å²) in [5, 5.41) is 0.496. The van der Waals surface area contributed by atoms with E-state index in [1.807, 2.05) is 6.92 Å². The second kappa shape index (κ2) is 5.31. The molecule has 0 heterocycles. The highest BCUT2D eigenvalue weighted by Crippen LogP contribution is 2.29. The molecule has 0 saturated carbocycles.